The Labute approximate surface area is 193 Å². The molecule has 0 radical (unpaired) electrons. The highest BCUT2D eigenvalue weighted by molar-refractivity contribution is 5.95. The van der Waals surface area contributed by atoms with Crippen molar-refractivity contribution in [3.63, 3.8) is 0 Å². The monoisotopic (exact) mass is 446 g/mol. The first-order valence-corrected chi connectivity index (χ1v) is 11.8. The molecule has 1 saturated heterocycles. The average Bonchev–Trinajstić information content (AvgIpc) is 3.51. The SMILES string of the molecule is O=C(NC1CCCC12CCN(C(=O)c1cccc(N3CC=CC3)c1)CC2)c1ccc(=O)[nH]c1. The van der Waals surface area contributed by atoms with E-state index in [1.807, 2.05) is 23.1 Å². The largest absolute Gasteiger partial charge is 0.364 e. The number of carbonyl (C=O) groups excluding carboxylic acids is 2. The van der Waals surface area contributed by atoms with Crippen LogP contribution < -0.4 is 15.8 Å². The van der Waals surface area contributed by atoms with E-state index in [9.17, 15) is 14.4 Å². The van der Waals surface area contributed by atoms with Crippen LogP contribution in [0, 0.1) is 5.41 Å². The molecule has 172 valence electrons. The van der Waals surface area contributed by atoms with Crippen LogP contribution in [0.4, 0.5) is 5.69 Å². The molecular weight excluding hydrogens is 416 g/mol. The van der Waals surface area contributed by atoms with Crippen LogP contribution in [0.3, 0.4) is 0 Å². The Morgan fingerprint density at radius 2 is 1.79 bits per heavy atom. The standard InChI is InChI=1S/C26H30N4O3/c31-23-9-8-20(18-27-23)24(32)28-22-7-4-10-26(22)11-15-30(16-12-26)25(33)19-5-3-6-21(17-19)29-13-1-2-14-29/h1-3,5-6,8-9,17-18,22H,4,7,10-16H2,(H,27,31)(H,28,32). The molecule has 1 aliphatic carbocycles. The van der Waals surface area contributed by atoms with Crippen LogP contribution >= 0.6 is 0 Å². The van der Waals surface area contributed by atoms with Gasteiger partial charge in [-0.05, 0) is 55.4 Å². The number of hydrogen-bond donors (Lipinski definition) is 2. The van der Waals surface area contributed by atoms with Gasteiger partial charge in [-0.1, -0.05) is 24.6 Å². The number of nitrogens with one attached hydrogen (secondary N) is 2. The van der Waals surface area contributed by atoms with E-state index in [0.29, 0.717) is 18.7 Å². The quantitative estimate of drug-likeness (QED) is 0.707. The first-order valence-electron chi connectivity index (χ1n) is 11.8. The summed E-state index contributed by atoms with van der Waals surface area (Å²) in [6, 6.07) is 11.0. The minimum Gasteiger partial charge on any atom is -0.364 e. The van der Waals surface area contributed by atoms with E-state index in [1.54, 1.807) is 6.07 Å². The lowest BCUT2D eigenvalue weighted by atomic mass is 9.74. The van der Waals surface area contributed by atoms with Crippen molar-refractivity contribution in [1.29, 1.82) is 0 Å². The van der Waals surface area contributed by atoms with Crippen molar-refractivity contribution in [3.8, 4) is 0 Å². The van der Waals surface area contributed by atoms with Crippen LogP contribution in [0.1, 0.15) is 52.8 Å². The molecule has 3 aliphatic rings. The van der Waals surface area contributed by atoms with Crippen LogP contribution in [-0.4, -0.2) is 53.9 Å². The molecule has 1 atom stereocenters. The number of H-pyrrole nitrogens is 1. The summed E-state index contributed by atoms with van der Waals surface area (Å²) in [5.41, 5.74) is 2.11. The Morgan fingerprint density at radius 1 is 1.00 bits per heavy atom. The first kappa shape index (κ1) is 21.5. The van der Waals surface area contributed by atoms with E-state index in [2.05, 4.69) is 33.4 Å². The number of nitrogens with zero attached hydrogens (tertiary/aromatic N) is 2. The second kappa shape index (κ2) is 8.89. The zero-order chi connectivity index (χ0) is 22.8. The molecular formula is C26H30N4O3. The molecule has 2 aromatic rings. The van der Waals surface area contributed by atoms with Gasteiger partial charge in [-0.15, -0.1) is 0 Å². The number of likely N-dealkylation sites (tertiary alicyclic amines) is 1. The molecule has 2 amide bonds. The van der Waals surface area contributed by atoms with Crippen molar-refractivity contribution in [1.82, 2.24) is 15.2 Å². The third kappa shape index (κ3) is 4.32. The molecule has 1 aromatic heterocycles. The lowest BCUT2D eigenvalue weighted by Gasteiger charge is -2.43. The summed E-state index contributed by atoms with van der Waals surface area (Å²) in [5, 5.41) is 3.21. The third-order valence-corrected chi connectivity index (χ3v) is 7.58. The van der Waals surface area contributed by atoms with E-state index in [-0.39, 0.29) is 28.8 Å². The van der Waals surface area contributed by atoms with Gasteiger partial charge in [-0.25, -0.2) is 0 Å². The maximum Gasteiger partial charge on any atom is 0.253 e. The molecule has 7 nitrogen and oxygen atoms in total. The first-order chi connectivity index (χ1) is 16.0. The van der Waals surface area contributed by atoms with Gasteiger partial charge >= 0.3 is 0 Å². The summed E-state index contributed by atoms with van der Waals surface area (Å²) in [6.45, 7) is 3.19. The lowest BCUT2D eigenvalue weighted by Crippen LogP contribution is -2.51. The molecule has 1 saturated carbocycles. The highest BCUT2D eigenvalue weighted by Crippen LogP contribution is 2.46. The summed E-state index contributed by atoms with van der Waals surface area (Å²) in [5.74, 6) is -0.0603. The topological polar surface area (TPSA) is 85.5 Å². The van der Waals surface area contributed by atoms with Gasteiger partial charge in [-0.3, -0.25) is 14.4 Å². The molecule has 1 spiro atoms. The van der Waals surface area contributed by atoms with Crippen LogP contribution in [0.15, 0.2) is 59.5 Å². The predicted octanol–water partition coefficient (Wildman–Crippen LogP) is 2.96. The predicted molar refractivity (Wildman–Crippen MR) is 128 cm³/mol. The number of benzene rings is 1. The summed E-state index contributed by atoms with van der Waals surface area (Å²) >= 11 is 0. The molecule has 0 bridgehead atoms. The van der Waals surface area contributed by atoms with Crippen LogP contribution in [0.25, 0.3) is 0 Å². The van der Waals surface area contributed by atoms with Gasteiger partial charge in [0, 0.05) is 55.7 Å². The molecule has 1 unspecified atom stereocenters. The number of amides is 2. The van der Waals surface area contributed by atoms with Crippen molar-refractivity contribution < 1.29 is 9.59 Å². The van der Waals surface area contributed by atoms with Gasteiger partial charge in [0.1, 0.15) is 0 Å². The Balaban J connectivity index is 1.22. The number of anilines is 1. The highest BCUT2D eigenvalue weighted by atomic mass is 16.2. The number of hydrogen-bond acceptors (Lipinski definition) is 4. The minimum absolute atomic E-state index is 0.0394. The second-order valence-corrected chi connectivity index (χ2v) is 9.44. The van der Waals surface area contributed by atoms with Crippen LogP contribution in [0.5, 0.6) is 0 Å². The zero-order valence-electron chi connectivity index (χ0n) is 18.8. The maximum atomic E-state index is 13.2. The molecule has 5 rings (SSSR count). The number of aromatic nitrogens is 1. The Morgan fingerprint density at radius 3 is 2.52 bits per heavy atom. The molecule has 2 aliphatic heterocycles. The number of pyridine rings is 1. The van der Waals surface area contributed by atoms with Crippen molar-refractivity contribution in [2.45, 2.75) is 38.1 Å². The number of rotatable bonds is 4. The van der Waals surface area contributed by atoms with Crippen molar-refractivity contribution in [2.24, 2.45) is 5.41 Å². The van der Waals surface area contributed by atoms with E-state index in [1.165, 1.54) is 12.3 Å². The molecule has 1 aromatic carbocycles. The van der Waals surface area contributed by atoms with Crippen LogP contribution in [-0.2, 0) is 0 Å². The van der Waals surface area contributed by atoms with Crippen molar-refractivity contribution >= 4 is 17.5 Å². The van der Waals surface area contributed by atoms with E-state index < -0.39 is 0 Å². The number of piperidine rings is 1. The van der Waals surface area contributed by atoms with Gasteiger partial charge in [0.2, 0.25) is 5.56 Å². The van der Waals surface area contributed by atoms with Crippen molar-refractivity contribution in [3.05, 3.63) is 76.2 Å². The number of carbonyl (C=O) groups is 2. The molecule has 3 heterocycles. The summed E-state index contributed by atoms with van der Waals surface area (Å²) in [7, 11) is 0. The number of aromatic amines is 1. The van der Waals surface area contributed by atoms with E-state index in [4.69, 9.17) is 0 Å². The summed E-state index contributed by atoms with van der Waals surface area (Å²) in [4.78, 5) is 44.0. The van der Waals surface area contributed by atoms with Gasteiger partial charge in [-0.2, -0.15) is 0 Å². The molecule has 2 fully saturated rings. The fraction of sp³-hybridized carbons (Fsp3) is 0.423. The average molecular weight is 447 g/mol. The second-order valence-electron chi connectivity index (χ2n) is 9.44. The summed E-state index contributed by atoms with van der Waals surface area (Å²) in [6.07, 6.45) is 10.6. The molecule has 7 heteroatoms. The van der Waals surface area contributed by atoms with Gasteiger partial charge in [0.05, 0.1) is 5.56 Å². The minimum atomic E-state index is -0.219. The highest BCUT2D eigenvalue weighted by Gasteiger charge is 2.46. The zero-order valence-corrected chi connectivity index (χ0v) is 18.8. The van der Waals surface area contributed by atoms with Gasteiger partial charge < -0.3 is 20.1 Å². The summed E-state index contributed by atoms with van der Waals surface area (Å²) < 4.78 is 0. The van der Waals surface area contributed by atoms with Gasteiger partial charge in [0.25, 0.3) is 11.8 Å². The Hall–Kier alpha value is -3.35. The van der Waals surface area contributed by atoms with E-state index in [0.717, 1.165) is 56.4 Å². The lowest BCUT2D eigenvalue weighted by molar-refractivity contribution is 0.0508. The normalized spacial score (nSPS) is 21.5. The fourth-order valence-electron chi connectivity index (χ4n) is 5.62. The fourth-order valence-corrected chi connectivity index (χ4v) is 5.62. The Bertz CT molecular complexity index is 1100. The molecule has 33 heavy (non-hydrogen) atoms. The molecule has 2 N–H and O–H groups in total. The maximum absolute atomic E-state index is 13.2. The van der Waals surface area contributed by atoms with Crippen molar-refractivity contribution in [2.75, 3.05) is 31.1 Å². The van der Waals surface area contributed by atoms with E-state index >= 15 is 0 Å². The van der Waals surface area contributed by atoms with Crippen LogP contribution in [0.2, 0.25) is 0 Å². The third-order valence-electron chi connectivity index (χ3n) is 7.58. The Kier molecular flexibility index (Phi) is 5.79. The van der Waals surface area contributed by atoms with Gasteiger partial charge in [0.15, 0.2) is 0 Å². The smallest absolute Gasteiger partial charge is 0.253 e.